The van der Waals surface area contributed by atoms with E-state index >= 15 is 0 Å². The average Bonchev–Trinajstić information content (AvgIpc) is 3.29. The van der Waals surface area contributed by atoms with Gasteiger partial charge >= 0.3 is 0 Å². The first kappa shape index (κ1) is 19.1. The molecule has 0 saturated carbocycles. The zero-order chi connectivity index (χ0) is 20.8. The fourth-order valence-electron chi connectivity index (χ4n) is 3.48. The summed E-state index contributed by atoms with van der Waals surface area (Å²) in [4.78, 5) is 8.23. The Morgan fingerprint density at radius 2 is 1.66 bits per heavy atom. The lowest BCUT2D eigenvalue weighted by atomic mass is 9.92. The van der Waals surface area contributed by atoms with E-state index in [1.807, 2.05) is 42.1 Å². The van der Waals surface area contributed by atoms with Crippen LogP contribution < -0.4 is 9.47 Å². The Hall–Kier alpha value is -3.28. The summed E-state index contributed by atoms with van der Waals surface area (Å²) in [5, 5.41) is 4.66. The van der Waals surface area contributed by atoms with Crippen molar-refractivity contribution in [3.63, 3.8) is 0 Å². The summed E-state index contributed by atoms with van der Waals surface area (Å²) in [7, 11) is 5.28. The standard InChI is InChI=1S/C23H26N4O2/c1-23(2,3)20-13-17(27(4)26-20)22-24-15-11-10-14(12-16(15)25-22)21-18(28-5)8-7-9-19(21)29-6/h7-13H,1-6H3,(H,24,25). The second-order valence-electron chi connectivity index (χ2n) is 8.14. The normalized spacial score (nSPS) is 11.8. The molecule has 0 fully saturated rings. The number of hydrogen-bond donors (Lipinski definition) is 1. The van der Waals surface area contributed by atoms with Crippen molar-refractivity contribution in [2.75, 3.05) is 14.2 Å². The van der Waals surface area contributed by atoms with Crippen molar-refractivity contribution in [2.45, 2.75) is 26.2 Å². The highest BCUT2D eigenvalue weighted by atomic mass is 16.5. The summed E-state index contributed by atoms with van der Waals surface area (Å²) < 4.78 is 13.0. The van der Waals surface area contributed by atoms with Crippen LogP contribution in [0.3, 0.4) is 0 Å². The van der Waals surface area contributed by atoms with Crippen LogP contribution in [0.2, 0.25) is 0 Å². The number of nitrogens with one attached hydrogen (secondary N) is 1. The molecule has 0 atom stereocenters. The van der Waals surface area contributed by atoms with Gasteiger partial charge in [-0.15, -0.1) is 0 Å². The quantitative estimate of drug-likeness (QED) is 0.536. The van der Waals surface area contributed by atoms with Crippen molar-refractivity contribution >= 4 is 11.0 Å². The van der Waals surface area contributed by atoms with Gasteiger partial charge in [0.25, 0.3) is 0 Å². The predicted molar refractivity (Wildman–Crippen MR) is 116 cm³/mol. The van der Waals surface area contributed by atoms with Crippen LogP contribution in [-0.2, 0) is 12.5 Å². The number of ether oxygens (including phenoxy) is 2. The van der Waals surface area contributed by atoms with Crippen LogP contribution in [0.5, 0.6) is 11.5 Å². The van der Waals surface area contributed by atoms with Crippen LogP contribution in [0.4, 0.5) is 0 Å². The number of H-pyrrole nitrogens is 1. The molecule has 150 valence electrons. The molecule has 2 aromatic heterocycles. The van der Waals surface area contributed by atoms with Gasteiger partial charge in [0, 0.05) is 12.5 Å². The van der Waals surface area contributed by atoms with E-state index in [4.69, 9.17) is 14.5 Å². The van der Waals surface area contributed by atoms with Crippen LogP contribution in [0.25, 0.3) is 33.7 Å². The molecule has 0 spiro atoms. The molecule has 29 heavy (non-hydrogen) atoms. The van der Waals surface area contributed by atoms with E-state index in [0.717, 1.165) is 50.9 Å². The van der Waals surface area contributed by atoms with Gasteiger partial charge in [-0.2, -0.15) is 5.10 Å². The number of fused-ring (bicyclic) bond motifs is 1. The number of imidazole rings is 1. The molecule has 2 heterocycles. The third-order valence-electron chi connectivity index (χ3n) is 5.09. The molecule has 0 amide bonds. The SMILES string of the molecule is COc1cccc(OC)c1-c1ccc2nc(-c3cc(C(C)(C)C)nn3C)[nH]c2c1. The minimum atomic E-state index is -0.0182. The molecule has 0 saturated heterocycles. The van der Waals surface area contributed by atoms with Crippen LogP contribution in [0, 0.1) is 0 Å². The molecule has 0 bridgehead atoms. The van der Waals surface area contributed by atoms with Crippen LogP contribution >= 0.6 is 0 Å². The first-order valence-electron chi connectivity index (χ1n) is 9.58. The van der Waals surface area contributed by atoms with Crippen LogP contribution in [0.1, 0.15) is 26.5 Å². The van der Waals surface area contributed by atoms with Crippen molar-refractivity contribution in [2.24, 2.45) is 7.05 Å². The van der Waals surface area contributed by atoms with Crippen LogP contribution in [0.15, 0.2) is 42.5 Å². The van der Waals surface area contributed by atoms with E-state index in [2.05, 4.69) is 43.0 Å². The zero-order valence-corrected chi connectivity index (χ0v) is 17.7. The van der Waals surface area contributed by atoms with Crippen molar-refractivity contribution in [3.05, 3.63) is 48.2 Å². The second kappa shape index (κ2) is 6.95. The number of methoxy groups -OCH3 is 2. The Kier molecular flexibility index (Phi) is 4.57. The van der Waals surface area contributed by atoms with E-state index in [1.54, 1.807) is 14.2 Å². The topological polar surface area (TPSA) is 65.0 Å². The van der Waals surface area contributed by atoms with E-state index in [0.29, 0.717) is 0 Å². The first-order valence-corrected chi connectivity index (χ1v) is 9.58. The smallest absolute Gasteiger partial charge is 0.156 e. The van der Waals surface area contributed by atoms with Crippen molar-refractivity contribution in [1.29, 1.82) is 0 Å². The third-order valence-corrected chi connectivity index (χ3v) is 5.09. The van der Waals surface area contributed by atoms with Gasteiger partial charge in [0.2, 0.25) is 0 Å². The maximum atomic E-state index is 5.56. The monoisotopic (exact) mass is 390 g/mol. The molecule has 0 radical (unpaired) electrons. The van der Waals surface area contributed by atoms with E-state index < -0.39 is 0 Å². The number of rotatable bonds is 4. The van der Waals surface area contributed by atoms with Gasteiger partial charge in [-0.1, -0.05) is 32.9 Å². The van der Waals surface area contributed by atoms with Gasteiger partial charge in [0.05, 0.1) is 36.5 Å². The second-order valence-corrected chi connectivity index (χ2v) is 8.14. The highest BCUT2D eigenvalue weighted by Crippen LogP contribution is 2.39. The summed E-state index contributed by atoms with van der Waals surface area (Å²) in [6, 6.07) is 14.0. The van der Waals surface area contributed by atoms with Gasteiger partial charge in [0.1, 0.15) is 17.2 Å². The molecule has 2 aromatic carbocycles. The van der Waals surface area contributed by atoms with Gasteiger partial charge < -0.3 is 14.5 Å². The van der Waals surface area contributed by atoms with E-state index in [1.165, 1.54) is 0 Å². The van der Waals surface area contributed by atoms with Gasteiger partial charge in [0.15, 0.2) is 5.82 Å². The minimum absolute atomic E-state index is 0.0182. The largest absolute Gasteiger partial charge is 0.496 e. The van der Waals surface area contributed by atoms with Crippen molar-refractivity contribution < 1.29 is 9.47 Å². The van der Waals surface area contributed by atoms with E-state index in [9.17, 15) is 0 Å². The van der Waals surface area contributed by atoms with Crippen LogP contribution in [-0.4, -0.2) is 34.0 Å². The first-order chi connectivity index (χ1) is 13.8. The van der Waals surface area contributed by atoms with Gasteiger partial charge in [-0.3, -0.25) is 4.68 Å². The number of nitrogens with zero attached hydrogens (tertiary/aromatic N) is 3. The molecule has 0 aliphatic rings. The summed E-state index contributed by atoms with van der Waals surface area (Å²) in [6.45, 7) is 6.47. The maximum Gasteiger partial charge on any atom is 0.156 e. The summed E-state index contributed by atoms with van der Waals surface area (Å²) >= 11 is 0. The maximum absolute atomic E-state index is 5.56. The number of aryl methyl sites for hydroxylation is 1. The number of aromatic nitrogens is 4. The Morgan fingerprint density at radius 1 is 0.966 bits per heavy atom. The Bertz CT molecular complexity index is 1160. The van der Waals surface area contributed by atoms with Gasteiger partial charge in [-0.25, -0.2) is 4.98 Å². The molecule has 1 N–H and O–H groups in total. The Labute approximate surface area is 170 Å². The average molecular weight is 390 g/mol. The fourth-order valence-corrected chi connectivity index (χ4v) is 3.48. The summed E-state index contributed by atoms with van der Waals surface area (Å²) in [6.07, 6.45) is 0. The van der Waals surface area contributed by atoms with Gasteiger partial charge in [-0.05, 0) is 35.9 Å². The molecule has 4 rings (SSSR count). The fraction of sp³-hybridized carbons (Fsp3) is 0.304. The lowest BCUT2D eigenvalue weighted by Gasteiger charge is -2.13. The highest BCUT2D eigenvalue weighted by molar-refractivity contribution is 5.87. The number of benzene rings is 2. The van der Waals surface area contributed by atoms with E-state index in [-0.39, 0.29) is 5.41 Å². The van der Waals surface area contributed by atoms with Crippen molar-refractivity contribution in [1.82, 2.24) is 19.7 Å². The molecule has 0 aliphatic carbocycles. The molecule has 6 nitrogen and oxygen atoms in total. The Morgan fingerprint density at radius 3 is 2.24 bits per heavy atom. The predicted octanol–water partition coefficient (Wildman–Crippen LogP) is 4.95. The number of aromatic amines is 1. The summed E-state index contributed by atoms with van der Waals surface area (Å²) in [5.74, 6) is 2.34. The molecule has 6 heteroatoms. The Balaban J connectivity index is 1.82. The lowest BCUT2D eigenvalue weighted by Crippen LogP contribution is -2.12. The van der Waals surface area contributed by atoms with Crippen molar-refractivity contribution in [3.8, 4) is 34.1 Å². The number of hydrogen-bond acceptors (Lipinski definition) is 4. The lowest BCUT2D eigenvalue weighted by molar-refractivity contribution is 0.397. The summed E-state index contributed by atoms with van der Waals surface area (Å²) in [5.41, 5.74) is 5.75. The minimum Gasteiger partial charge on any atom is -0.496 e. The molecular weight excluding hydrogens is 364 g/mol. The zero-order valence-electron chi connectivity index (χ0n) is 17.7. The molecular formula is C23H26N4O2. The molecule has 0 unspecified atom stereocenters. The molecule has 4 aromatic rings. The highest BCUT2D eigenvalue weighted by Gasteiger charge is 2.21. The molecule has 0 aliphatic heterocycles. The third kappa shape index (κ3) is 3.35.